The number of pyridine rings is 1. The number of carbonyl (C=O) groups is 1. The minimum Gasteiger partial charge on any atom is -0.454 e. The number of hydrogen-bond acceptors (Lipinski definition) is 4. The molecule has 170 valence electrons. The molecule has 1 N–H and O–H groups in total. The highest BCUT2D eigenvalue weighted by molar-refractivity contribution is 5.95. The molecule has 1 aromatic heterocycles. The zero-order valence-electron chi connectivity index (χ0n) is 18.5. The van der Waals surface area contributed by atoms with E-state index in [1.807, 2.05) is 48.5 Å². The van der Waals surface area contributed by atoms with E-state index in [0.717, 1.165) is 28.5 Å². The van der Waals surface area contributed by atoms with Gasteiger partial charge in [0.1, 0.15) is 11.9 Å². The van der Waals surface area contributed by atoms with E-state index in [1.54, 1.807) is 16.7 Å². The number of rotatable bonds is 6. The molecule has 0 fully saturated rings. The van der Waals surface area contributed by atoms with Gasteiger partial charge < -0.3 is 14.6 Å². The Morgan fingerprint density at radius 3 is 2.65 bits per heavy atom. The van der Waals surface area contributed by atoms with Gasteiger partial charge in [0.05, 0.1) is 17.1 Å². The Morgan fingerprint density at radius 1 is 0.971 bits per heavy atom. The zero-order valence-corrected chi connectivity index (χ0v) is 18.5. The van der Waals surface area contributed by atoms with Crippen LogP contribution in [-0.2, 0) is 11.3 Å². The minimum absolute atomic E-state index is 0.118. The number of ether oxygens (including phenoxy) is 1. The quantitative estimate of drug-likeness (QED) is 0.324. The van der Waals surface area contributed by atoms with Crippen molar-refractivity contribution < 1.29 is 13.9 Å². The van der Waals surface area contributed by atoms with Gasteiger partial charge in [-0.05, 0) is 60.2 Å². The number of fused-ring (bicyclic) bond motifs is 1. The summed E-state index contributed by atoms with van der Waals surface area (Å²) in [5.74, 6) is -0.583. The van der Waals surface area contributed by atoms with Crippen LogP contribution in [0.15, 0.2) is 77.6 Å². The lowest BCUT2D eigenvalue weighted by molar-refractivity contribution is 0.0364. The molecule has 3 heterocycles. The van der Waals surface area contributed by atoms with Gasteiger partial charge in [-0.15, -0.1) is 0 Å². The first-order chi connectivity index (χ1) is 16.6. The molecule has 3 aromatic carbocycles. The molecule has 0 aliphatic carbocycles. The van der Waals surface area contributed by atoms with Crippen molar-refractivity contribution in [3.05, 3.63) is 106 Å². The standard InChI is InChI=1S/C28H23FN2O3/c29-22-12-9-18-10-13-25(32)31-16-23(26(22)27(18)31)30-14-4-7-24-20-11-8-19(15-21(20)28(33)34-24)17-5-2-1-3-6-17/h1-3,5-6,8-13,15,23-24,30H,4,7,14,16H2/t23-,24?/m1/s1. The maximum absolute atomic E-state index is 14.6. The molecule has 0 saturated carbocycles. The first-order valence-electron chi connectivity index (χ1n) is 11.6. The van der Waals surface area contributed by atoms with Crippen molar-refractivity contribution >= 4 is 16.9 Å². The Balaban J connectivity index is 1.13. The van der Waals surface area contributed by atoms with Crippen molar-refractivity contribution in [2.75, 3.05) is 6.54 Å². The molecule has 0 saturated heterocycles. The number of hydrogen-bond donors (Lipinski definition) is 1. The molecule has 6 rings (SSSR count). The SMILES string of the molecule is O=C1OC(CCCN[C@@H]2Cn3c(=O)ccc4ccc(F)c2c43)c2ccc(-c3ccccc3)cc21. The fourth-order valence-electron chi connectivity index (χ4n) is 5.21. The number of carbonyl (C=O) groups excluding carboxylic acids is 1. The number of halogens is 1. The predicted molar refractivity (Wildman–Crippen MR) is 128 cm³/mol. The minimum atomic E-state index is -0.297. The van der Waals surface area contributed by atoms with Crippen molar-refractivity contribution in [2.24, 2.45) is 0 Å². The summed E-state index contributed by atoms with van der Waals surface area (Å²) < 4.78 is 21.9. The Bertz CT molecular complexity index is 1480. The van der Waals surface area contributed by atoms with Crippen LogP contribution < -0.4 is 10.9 Å². The van der Waals surface area contributed by atoms with Crippen molar-refractivity contribution in [1.82, 2.24) is 9.88 Å². The summed E-state index contributed by atoms with van der Waals surface area (Å²) >= 11 is 0. The molecule has 34 heavy (non-hydrogen) atoms. The van der Waals surface area contributed by atoms with Gasteiger partial charge in [-0.3, -0.25) is 4.79 Å². The molecule has 0 radical (unpaired) electrons. The van der Waals surface area contributed by atoms with E-state index in [2.05, 4.69) is 5.32 Å². The van der Waals surface area contributed by atoms with Crippen LogP contribution in [0.2, 0.25) is 0 Å². The average Bonchev–Trinajstić information content (AvgIpc) is 3.40. The molecule has 5 nitrogen and oxygen atoms in total. The molecule has 0 spiro atoms. The largest absolute Gasteiger partial charge is 0.454 e. The third-order valence-corrected chi connectivity index (χ3v) is 6.86. The molecule has 2 atom stereocenters. The first kappa shape index (κ1) is 20.8. The van der Waals surface area contributed by atoms with E-state index in [1.165, 1.54) is 12.1 Å². The summed E-state index contributed by atoms with van der Waals surface area (Å²) in [5, 5.41) is 4.27. The first-order valence-corrected chi connectivity index (χ1v) is 11.6. The monoisotopic (exact) mass is 454 g/mol. The van der Waals surface area contributed by atoms with Crippen LogP contribution in [0.3, 0.4) is 0 Å². The van der Waals surface area contributed by atoms with Crippen LogP contribution >= 0.6 is 0 Å². The zero-order chi connectivity index (χ0) is 23.2. The van der Waals surface area contributed by atoms with E-state index in [9.17, 15) is 14.0 Å². The lowest BCUT2D eigenvalue weighted by atomic mass is 9.96. The second-order valence-corrected chi connectivity index (χ2v) is 8.89. The predicted octanol–water partition coefficient (Wildman–Crippen LogP) is 5.14. The van der Waals surface area contributed by atoms with E-state index in [4.69, 9.17) is 4.74 Å². The highest BCUT2D eigenvalue weighted by atomic mass is 19.1. The van der Waals surface area contributed by atoms with Gasteiger partial charge in [0.2, 0.25) is 0 Å². The van der Waals surface area contributed by atoms with Gasteiger partial charge in [-0.2, -0.15) is 0 Å². The molecule has 4 aromatic rings. The van der Waals surface area contributed by atoms with Crippen LogP contribution in [0.1, 0.15) is 46.5 Å². The highest BCUT2D eigenvalue weighted by Crippen LogP contribution is 2.37. The van der Waals surface area contributed by atoms with Gasteiger partial charge in [0.15, 0.2) is 0 Å². The maximum Gasteiger partial charge on any atom is 0.339 e. The Labute approximate surface area is 195 Å². The second-order valence-electron chi connectivity index (χ2n) is 8.89. The van der Waals surface area contributed by atoms with E-state index >= 15 is 0 Å². The summed E-state index contributed by atoms with van der Waals surface area (Å²) in [7, 11) is 0. The van der Waals surface area contributed by atoms with E-state index in [0.29, 0.717) is 36.2 Å². The third-order valence-electron chi connectivity index (χ3n) is 6.86. The van der Waals surface area contributed by atoms with Crippen LogP contribution in [-0.4, -0.2) is 17.1 Å². The fourth-order valence-corrected chi connectivity index (χ4v) is 5.21. The van der Waals surface area contributed by atoms with Gasteiger partial charge in [0.25, 0.3) is 5.56 Å². The molecule has 2 aliphatic rings. The summed E-state index contributed by atoms with van der Waals surface area (Å²) in [6, 6.07) is 22.1. The lowest BCUT2D eigenvalue weighted by Crippen LogP contribution is -2.26. The van der Waals surface area contributed by atoms with Crippen molar-refractivity contribution in [3.8, 4) is 11.1 Å². The Morgan fingerprint density at radius 2 is 1.79 bits per heavy atom. The van der Waals surface area contributed by atoms with Gasteiger partial charge >= 0.3 is 5.97 Å². The average molecular weight is 455 g/mol. The molecular formula is C28H23FN2O3. The number of benzene rings is 3. The second kappa shape index (κ2) is 8.22. The number of esters is 1. The molecule has 0 bridgehead atoms. The molecule has 1 unspecified atom stereocenters. The molecule has 0 amide bonds. The van der Waals surface area contributed by atoms with Crippen LogP contribution in [0.4, 0.5) is 4.39 Å². The topological polar surface area (TPSA) is 60.3 Å². The Kier molecular flexibility index (Phi) is 5.03. The molecule has 2 aliphatic heterocycles. The number of aromatic nitrogens is 1. The normalized spacial score (nSPS) is 18.3. The van der Waals surface area contributed by atoms with Crippen LogP contribution in [0.5, 0.6) is 0 Å². The maximum atomic E-state index is 14.6. The molecular weight excluding hydrogens is 431 g/mol. The summed E-state index contributed by atoms with van der Waals surface area (Å²) in [4.78, 5) is 24.8. The van der Waals surface area contributed by atoms with Crippen LogP contribution in [0.25, 0.3) is 22.0 Å². The highest BCUT2D eigenvalue weighted by Gasteiger charge is 2.31. The van der Waals surface area contributed by atoms with Crippen molar-refractivity contribution in [2.45, 2.75) is 31.5 Å². The fraction of sp³-hybridized carbons (Fsp3) is 0.214. The smallest absolute Gasteiger partial charge is 0.339 e. The summed E-state index contributed by atoms with van der Waals surface area (Å²) in [5.41, 5.74) is 4.71. The van der Waals surface area contributed by atoms with Crippen molar-refractivity contribution in [1.29, 1.82) is 0 Å². The van der Waals surface area contributed by atoms with E-state index < -0.39 is 0 Å². The number of nitrogens with zero attached hydrogens (tertiary/aromatic N) is 1. The summed E-state index contributed by atoms with van der Waals surface area (Å²) in [6.07, 6.45) is 1.14. The van der Waals surface area contributed by atoms with Gasteiger partial charge in [0, 0.05) is 23.7 Å². The molecule has 6 heteroatoms. The number of nitrogens with one attached hydrogen (secondary N) is 1. The summed E-state index contributed by atoms with van der Waals surface area (Å²) in [6.45, 7) is 1.03. The third kappa shape index (κ3) is 3.42. The Hall–Kier alpha value is -3.77. The lowest BCUT2D eigenvalue weighted by Gasteiger charge is -2.15. The van der Waals surface area contributed by atoms with Gasteiger partial charge in [-0.1, -0.05) is 42.5 Å². The van der Waals surface area contributed by atoms with Gasteiger partial charge in [-0.25, -0.2) is 9.18 Å². The van der Waals surface area contributed by atoms with Crippen molar-refractivity contribution in [3.63, 3.8) is 0 Å². The number of cyclic esters (lactones) is 1. The van der Waals surface area contributed by atoms with E-state index in [-0.39, 0.29) is 29.5 Å². The van der Waals surface area contributed by atoms with Crippen LogP contribution in [0, 0.1) is 5.82 Å².